The predicted octanol–water partition coefficient (Wildman–Crippen LogP) is 5.69. The van der Waals surface area contributed by atoms with Crippen LogP contribution in [0.1, 0.15) is 24.8 Å². The molecule has 0 unspecified atom stereocenters. The van der Waals surface area contributed by atoms with Gasteiger partial charge in [-0.15, -0.1) is 0 Å². The van der Waals surface area contributed by atoms with Gasteiger partial charge >= 0.3 is 6.03 Å². The number of H-pyrrole nitrogens is 1. The lowest BCUT2D eigenvalue weighted by Crippen LogP contribution is -2.38. The minimum atomic E-state index is -0.109. The summed E-state index contributed by atoms with van der Waals surface area (Å²) >= 11 is 0. The fraction of sp³-hybridized carbons (Fsp3) is 0.310. The van der Waals surface area contributed by atoms with Crippen LogP contribution in [0.25, 0.3) is 22.2 Å². The van der Waals surface area contributed by atoms with E-state index >= 15 is 0 Å². The van der Waals surface area contributed by atoms with Gasteiger partial charge < -0.3 is 15.0 Å². The molecule has 7 heteroatoms. The number of aryl methyl sites for hydroxylation is 1. The number of hydrogen-bond acceptors (Lipinski definition) is 4. The maximum Gasteiger partial charge on any atom is 0.326 e. The summed E-state index contributed by atoms with van der Waals surface area (Å²) in [7, 11) is 2.16. The van der Waals surface area contributed by atoms with Crippen LogP contribution in [0, 0.1) is 0 Å². The lowest BCUT2D eigenvalue weighted by molar-refractivity contribution is 0.114. The van der Waals surface area contributed by atoms with Crippen molar-refractivity contribution in [1.82, 2.24) is 15.1 Å². The van der Waals surface area contributed by atoms with Crippen LogP contribution in [0.15, 0.2) is 66.7 Å². The number of urea groups is 1. The number of aromatic nitrogens is 2. The van der Waals surface area contributed by atoms with Gasteiger partial charge in [-0.05, 0) is 86.8 Å². The van der Waals surface area contributed by atoms with Crippen molar-refractivity contribution in [3.8, 4) is 17.0 Å². The van der Waals surface area contributed by atoms with Gasteiger partial charge in [-0.1, -0.05) is 18.2 Å². The molecule has 4 aromatic rings. The summed E-state index contributed by atoms with van der Waals surface area (Å²) in [5, 5.41) is 11.7. The number of nitrogens with zero attached hydrogens (tertiary/aromatic N) is 3. The van der Waals surface area contributed by atoms with Gasteiger partial charge in [0.05, 0.1) is 11.2 Å². The van der Waals surface area contributed by atoms with Crippen molar-refractivity contribution < 1.29 is 9.53 Å². The third-order valence-corrected chi connectivity index (χ3v) is 7.27. The molecule has 2 N–H and O–H groups in total. The van der Waals surface area contributed by atoms with Gasteiger partial charge in [0.2, 0.25) is 0 Å². The minimum Gasteiger partial charge on any atom is -0.490 e. The summed E-state index contributed by atoms with van der Waals surface area (Å²) < 4.78 is 6.20. The van der Waals surface area contributed by atoms with E-state index in [9.17, 15) is 4.79 Å². The Balaban J connectivity index is 1.19. The van der Waals surface area contributed by atoms with Crippen LogP contribution >= 0.6 is 0 Å². The zero-order chi connectivity index (χ0) is 24.5. The number of carbonyl (C=O) groups excluding carboxylic acids is 1. The number of piperidine rings is 1. The fourth-order valence-corrected chi connectivity index (χ4v) is 5.23. The third kappa shape index (κ3) is 4.54. The highest BCUT2D eigenvalue weighted by Gasteiger charge is 2.22. The van der Waals surface area contributed by atoms with Crippen LogP contribution < -0.4 is 15.0 Å². The Kier molecular flexibility index (Phi) is 6.07. The number of rotatable bonds is 4. The van der Waals surface area contributed by atoms with Crippen molar-refractivity contribution in [2.75, 3.05) is 36.9 Å². The monoisotopic (exact) mass is 481 g/mol. The number of ether oxygens (including phenoxy) is 1. The molecule has 1 aromatic heterocycles. The molecule has 0 atom stereocenters. The van der Waals surface area contributed by atoms with Crippen molar-refractivity contribution in [3.05, 3.63) is 72.3 Å². The predicted molar refractivity (Wildman–Crippen MR) is 144 cm³/mol. The highest BCUT2D eigenvalue weighted by Crippen LogP contribution is 2.31. The molecule has 1 saturated heterocycles. The first-order chi connectivity index (χ1) is 17.6. The average molecular weight is 482 g/mol. The number of aromatic amines is 1. The number of para-hydroxylation sites is 1. The Morgan fingerprint density at radius 3 is 2.67 bits per heavy atom. The lowest BCUT2D eigenvalue weighted by atomic mass is 10.0. The van der Waals surface area contributed by atoms with Crippen molar-refractivity contribution >= 4 is 28.3 Å². The molecule has 0 bridgehead atoms. The van der Waals surface area contributed by atoms with Crippen LogP contribution in [0.4, 0.5) is 16.2 Å². The van der Waals surface area contributed by atoms with E-state index in [4.69, 9.17) is 4.74 Å². The number of likely N-dealkylation sites (tertiary alicyclic amines) is 1. The number of fused-ring (bicyclic) bond motifs is 2. The van der Waals surface area contributed by atoms with Gasteiger partial charge in [-0.2, -0.15) is 5.10 Å². The smallest absolute Gasteiger partial charge is 0.326 e. The zero-order valence-electron chi connectivity index (χ0n) is 20.5. The van der Waals surface area contributed by atoms with Crippen molar-refractivity contribution in [3.63, 3.8) is 0 Å². The summed E-state index contributed by atoms with van der Waals surface area (Å²) in [4.78, 5) is 17.3. The SMILES string of the molecule is CN1CCC(Oc2ccc(-c3n[nH]c4ccc(NC(=O)N5CCCc6ccccc65)cc34)cc2)CC1. The van der Waals surface area contributed by atoms with E-state index in [2.05, 4.69) is 45.7 Å². The average Bonchev–Trinajstić information content (AvgIpc) is 3.33. The second kappa shape index (κ2) is 9.66. The van der Waals surface area contributed by atoms with Crippen LogP contribution in [-0.4, -0.2) is 53.9 Å². The van der Waals surface area contributed by atoms with Gasteiger partial charge in [0, 0.05) is 42.0 Å². The minimum absolute atomic E-state index is 0.109. The standard InChI is InChI=1S/C29H31N5O2/c1-33-17-14-24(15-18-33)36-23-11-8-21(9-12-23)28-25-19-22(10-13-26(25)31-32-28)30-29(35)34-16-4-6-20-5-2-3-7-27(20)34/h2-3,5,7-13,19,24H,4,6,14-18H2,1H3,(H,30,35)(H,31,32). The second-order valence-corrected chi connectivity index (χ2v) is 9.79. The molecule has 2 amide bonds. The summed E-state index contributed by atoms with van der Waals surface area (Å²) in [6.45, 7) is 2.87. The molecule has 6 rings (SSSR count). The van der Waals surface area contributed by atoms with E-state index in [1.165, 1.54) is 5.56 Å². The van der Waals surface area contributed by atoms with Gasteiger partial charge in [0.1, 0.15) is 11.9 Å². The number of amides is 2. The Hall–Kier alpha value is -3.84. The number of benzene rings is 3. The van der Waals surface area contributed by atoms with E-state index in [1.807, 2.05) is 53.4 Å². The summed E-state index contributed by atoms with van der Waals surface area (Å²) in [5.74, 6) is 0.892. The van der Waals surface area contributed by atoms with E-state index < -0.39 is 0 Å². The number of anilines is 2. The number of nitrogens with one attached hydrogen (secondary N) is 2. The fourth-order valence-electron chi connectivity index (χ4n) is 5.23. The number of carbonyl (C=O) groups is 1. The highest BCUT2D eigenvalue weighted by atomic mass is 16.5. The molecule has 7 nitrogen and oxygen atoms in total. The van der Waals surface area contributed by atoms with Gasteiger partial charge in [-0.25, -0.2) is 4.79 Å². The molecule has 3 aromatic carbocycles. The topological polar surface area (TPSA) is 73.5 Å². The molecule has 0 aliphatic carbocycles. The van der Waals surface area contributed by atoms with Gasteiger partial charge in [0.15, 0.2) is 0 Å². The Bertz CT molecular complexity index is 1370. The maximum atomic E-state index is 13.2. The summed E-state index contributed by atoms with van der Waals surface area (Å²) in [5.41, 5.74) is 5.75. The van der Waals surface area contributed by atoms with Crippen LogP contribution in [-0.2, 0) is 6.42 Å². The summed E-state index contributed by atoms with van der Waals surface area (Å²) in [6.07, 6.45) is 4.36. The first-order valence-electron chi connectivity index (χ1n) is 12.7. The lowest BCUT2D eigenvalue weighted by Gasteiger charge is -2.29. The first-order valence-corrected chi connectivity index (χ1v) is 12.7. The van der Waals surface area contributed by atoms with Crippen LogP contribution in [0.2, 0.25) is 0 Å². The highest BCUT2D eigenvalue weighted by molar-refractivity contribution is 6.04. The molecule has 1 fully saturated rings. The Morgan fingerprint density at radius 2 is 1.83 bits per heavy atom. The molecular weight excluding hydrogens is 450 g/mol. The van der Waals surface area contributed by atoms with Crippen molar-refractivity contribution in [2.45, 2.75) is 31.8 Å². The molecule has 2 aliphatic rings. The normalized spacial score (nSPS) is 16.6. The van der Waals surface area contributed by atoms with E-state index in [-0.39, 0.29) is 12.1 Å². The molecule has 36 heavy (non-hydrogen) atoms. The summed E-state index contributed by atoms with van der Waals surface area (Å²) in [6, 6.07) is 22.0. The maximum absolute atomic E-state index is 13.2. The van der Waals surface area contributed by atoms with E-state index in [1.54, 1.807) is 0 Å². The van der Waals surface area contributed by atoms with Gasteiger partial charge in [-0.3, -0.25) is 10.00 Å². The molecular formula is C29H31N5O2. The van der Waals surface area contributed by atoms with Crippen LogP contribution in [0.3, 0.4) is 0 Å². The molecule has 0 radical (unpaired) electrons. The first kappa shape index (κ1) is 22.6. The van der Waals surface area contributed by atoms with Crippen molar-refractivity contribution in [2.24, 2.45) is 0 Å². The third-order valence-electron chi connectivity index (χ3n) is 7.27. The van der Waals surface area contributed by atoms with Crippen LogP contribution in [0.5, 0.6) is 5.75 Å². The largest absolute Gasteiger partial charge is 0.490 e. The quantitative estimate of drug-likeness (QED) is 0.393. The van der Waals surface area contributed by atoms with Gasteiger partial charge in [0.25, 0.3) is 0 Å². The van der Waals surface area contributed by atoms with Crippen molar-refractivity contribution in [1.29, 1.82) is 0 Å². The molecule has 3 heterocycles. The molecule has 2 aliphatic heterocycles. The molecule has 184 valence electrons. The zero-order valence-corrected chi connectivity index (χ0v) is 20.5. The Labute approximate surface area is 211 Å². The van der Waals surface area contributed by atoms with E-state index in [0.717, 1.165) is 78.1 Å². The number of hydrogen-bond donors (Lipinski definition) is 2. The van der Waals surface area contributed by atoms with E-state index in [0.29, 0.717) is 6.54 Å². The molecule has 0 saturated carbocycles. The second-order valence-electron chi connectivity index (χ2n) is 9.79. The Morgan fingerprint density at radius 1 is 1.03 bits per heavy atom. The molecule has 0 spiro atoms.